The van der Waals surface area contributed by atoms with Gasteiger partial charge in [-0.3, -0.25) is 0 Å². The first-order chi connectivity index (χ1) is 8.72. The van der Waals surface area contributed by atoms with E-state index in [1.54, 1.807) is 0 Å². The number of benzene rings is 1. The standard InChI is InChI=1S/C10H7ClF3N3O2/c11-6-1-3-7(4-2-6)17-5-8(15-16-17)9(18,19)10(12,13)14/h1-5,18-19H. The van der Waals surface area contributed by atoms with Crippen LogP contribution in [-0.4, -0.2) is 31.4 Å². The molecule has 102 valence electrons. The lowest BCUT2D eigenvalue weighted by atomic mass is 10.2. The quantitative estimate of drug-likeness (QED) is 0.826. The summed E-state index contributed by atoms with van der Waals surface area (Å²) < 4.78 is 38.1. The SMILES string of the molecule is OC(O)(c1cn(-c2ccc(Cl)cc2)nn1)C(F)(F)F. The molecule has 0 radical (unpaired) electrons. The lowest BCUT2D eigenvalue weighted by molar-refractivity contribution is -0.360. The van der Waals surface area contributed by atoms with Crippen LogP contribution in [0, 0.1) is 0 Å². The van der Waals surface area contributed by atoms with Crippen molar-refractivity contribution in [2.45, 2.75) is 12.0 Å². The van der Waals surface area contributed by atoms with Crippen molar-refractivity contribution in [3.63, 3.8) is 0 Å². The first-order valence-corrected chi connectivity index (χ1v) is 5.30. The highest BCUT2D eigenvalue weighted by Gasteiger charge is 2.56. The molecule has 0 atom stereocenters. The average molecular weight is 294 g/mol. The molecule has 2 rings (SSSR count). The Balaban J connectivity index is 2.37. The van der Waals surface area contributed by atoms with E-state index in [2.05, 4.69) is 10.3 Å². The van der Waals surface area contributed by atoms with Crippen LogP contribution in [0.5, 0.6) is 0 Å². The largest absolute Gasteiger partial charge is 0.449 e. The normalized spacial score (nSPS) is 12.7. The average Bonchev–Trinajstić information content (AvgIpc) is 2.78. The van der Waals surface area contributed by atoms with Crippen molar-refractivity contribution in [3.8, 4) is 5.69 Å². The molecule has 0 spiro atoms. The van der Waals surface area contributed by atoms with Crippen molar-refractivity contribution >= 4 is 11.6 Å². The third-order valence-electron chi connectivity index (χ3n) is 2.34. The van der Waals surface area contributed by atoms with Gasteiger partial charge in [0.25, 0.3) is 0 Å². The highest BCUT2D eigenvalue weighted by molar-refractivity contribution is 6.30. The van der Waals surface area contributed by atoms with Crippen LogP contribution in [0.3, 0.4) is 0 Å². The smallest absolute Gasteiger partial charge is 0.354 e. The van der Waals surface area contributed by atoms with Gasteiger partial charge < -0.3 is 10.2 Å². The number of rotatable bonds is 2. The van der Waals surface area contributed by atoms with Gasteiger partial charge in [0, 0.05) is 5.02 Å². The lowest BCUT2D eigenvalue weighted by Crippen LogP contribution is -2.42. The Bertz CT molecular complexity index is 580. The number of nitrogens with zero attached hydrogens (tertiary/aromatic N) is 3. The van der Waals surface area contributed by atoms with E-state index in [-0.39, 0.29) is 0 Å². The van der Waals surface area contributed by atoms with Gasteiger partial charge in [-0.05, 0) is 24.3 Å². The van der Waals surface area contributed by atoms with Crippen LogP contribution in [0.1, 0.15) is 5.69 Å². The zero-order valence-corrected chi connectivity index (χ0v) is 9.89. The van der Waals surface area contributed by atoms with Gasteiger partial charge in [0.2, 0.25) is 0 Å². The molecule has 0 saturated carbocycles. The zero-order chi connectivity index (χ0) is 14.3. The van der Waals surface area contributed by atoms with Gasteiger partial charge in [-0.25, -0.2) is 4.68 Å². The molecule has 0 unspecified atom stereocenters. The van der Waals surface area contributed by atoms with Crippen LogP contribution < -0.4 is 0 Å². The number of halogens is 4. The van der Waals surface area contributed by atoms with Gasteiger partial charge in [0.1, 0.15) is 0 Å². The van der Waals surface area contributed by atoms with Crippen LogP contribution in [0.2, 0.25) is 5.02 Å². The van der Waals surface area contributed by atoms with Gasteiger partial charge in [-0.1, -0.05) is 16.8 Å². The van der Waals surface area contributed by atoms with Crippen molar-refractivity contribution < 1.29 is 23.4 Å². The topological polar surface area (TPSA) is 71.2 Å². The summed E-state index contributed by atoms with van der Waals surface area (Å²) >= 11 is 5.66. The summed E-state index contributed by atoms with van der Waals surface area (Å²) in [5.74, 6) is -4.04. The molecular weight excluding hydrogens is 287 g/mol. The van der Waals surface area contributed by atoms with Crippen LogP contribution >= 0.6 is 11.6 Å². The Morgan fingerprint density at radius 3 is 2.21 bits per heavy atom. The molecule has 1 heterocycles. The Morgan fingerprint density at radius 2 is 1.68 bits per heavy atom. The molecule has 0 amide bonds. The van der Waals surface area contributed by atoms with E-state index in [1.807, 2.05) is 0 Å². The van der Waals surface area contributed by atoms with Crippen LogP contribution in [0.25, 0.3) is 5.69 Å². The van der Waals surface area contributed by atoms with Crippen molar-refractivity contribution in [2.75, 3.05) is 0 Å². The Morgan fingerprint density at radius 1 is 1.11 bits per heavy atom. The highest BCUT2D eigenvalue weighted by atomic mass is 35.5. The van der Waals surface area contributed by atoms with Crippen LogP contribution in [0.4, 0.5) is 13.2 Å². The van der Waals surface area contributed by atoms with Gasteiger partial charge in [-0.15, -0.1) is 5.10 Å². The van der Waals surface area contributed by atoms with Crippen molar-refractivity contribution in [1.82, 2.24) is 15.0 Å². The molecular formula is C10H7ClF3N3O2. The summed E-state index contributed by atoms with van der Waals surface area (Å²) in [6.45, 7) is 0. The van der Waals surface area contributed by atoms with Crippen molar-refractivity contribution in [1.29, 1.82) is 0 Å². The minimum Gasteiger partial charge on any atom is -0.354 e. The fourth-order valence-corrected chi connectivity index (χ4v) is 1.41. The molecule has 0 bridgehead atoms. The minimum absolute atomic E-state index is 0.376. The molecule has 5 nitrogen and oxygen atoms in total. The van der Waals surface area contributed by atoms with E-state index in [0.29, 0.717) is 10.7 Å². The Kier molecular flexibility index (Phi) is 3.25. The minimum atomic E-state index is -5.27. The summed E-state index contributed by atoms with van der Waals surface area (Å²) in [7, 11) is 0. The maximum Gasteiger partial charge on any atom is 0.449 e. The Hall–Kier alpha value is -1.64. The van der Waals surface area contributed by atoms with E-state index in [4.69, 9.17) is 21.8 Å². The highest BCUT2D eigenvalue weighted by Crippen LogP contribution is 2.35. The molecule has 0 fully saturated rings. The molecule has 0 aliphatic carbocycles. The van der Waals surface area contributed by atoms with Crippen molar-refractivity contribution in [2.24, 2.45) is 0 Å². The van der Waals surface area contributed by atoms with Gasteiger partial charge in [0.05, 0.1) is 11.9 Å². The molecule has 2 aromatic rings. The van der Waals surface area contributed by atoms with Gasteiger partial charge in [-0.2, -0.15) is 13.2 Å². The second-order valence-electron chi connectivity index (χ2n) is 3.69. The maximum atomic E-state index is 12.4. The zero-order valence-electron chi connectivity index (χ0n) is 9.13. The molecule has 19 heavy (non-hydrogen) atoms. The molecule has 2 N–H and O–H groups in total. The second kappa shape index (κ2) is 4.48. The number of hydrogen-bond donors (Lipinski definition) is 2. The Labute approximate surface area is 109 Å². The number of alkyl halides is 3. The third kappa shape index (κ3) is 2.55. The van der Waals surface area contributed by atoms with Crippen LogP contribution in [-0.2, 0) is 5.79 Å². The summed E-state index contributed by atoms with van der Waals surface area (Å²) in [6.07, 6.45) is -4.50. The first kappa shape index (κ1) is 13.8. The number of hydrogen-bond acceptors (Lipinski definition) is 4. The maximum absolute atomic E-state index is 12.4. The molecule has 0 saturated heterocycles. The summed E-state index contributed by atoms with van der Waals surface area (Å²) in [6, 6.07) is 6.00. The predicted octanol–water partition coefficient (Wildman–Crippen LogP) is 1.62. The van der Waals surface area contributed by atoms with Crippen LogP contribution in [0.15, 0.2) is 30.5 Å². The van der Waals surface area contributed by atoms with E-state index >= 15 is 0 Å². The van der Waals surface area contributed by atoms with E-state index < -0.39 is 17.7 Å². The fraction of sp³-hybridized carbons (Fsp3) is 0.200. The van der Waals surface area contributed by atoms with Crippen molar-refractivity contribution in [3.05, 3.63) is 41.2 Å². The van der Waals surface area contributed by atoms with E-state index in [0.717, 1.165) is 10.9 Å². The predicted molar refractivity (Wildman–Crippen MR) is 58.5 cm³/mol. The number of aromatic nitrogens is 3. The molecule has 9 heteroatoms. The number of aliphatic hydroxyl groups is 2. The van der Waals surface area contributed by atoms with Gasteiger partial charge >= 0.3 is 12.0 Å². The first-order valence-electron chi connectivity index (χ1n) is 4.92. The molecule has 0 aliphatic heterocycles. The monoisotopic (exact) mass is 293 g/mol. The molecule has 1 aromatic carbocycles. The summed E-state index contributed by atoms with van der Waals surface area (Å²) in [4.78, 5) is 0. The summed E-state index contributed by atoms with van der Waals surface area (Å²) in [5.41, 5.74) is -0.643. The molecule has 1 aromatic heterocycles. The van der Waals surface area contributed by atoms with E-state index in [9.17, 15) is 13.2 Å². The fourth-order valence-electron chi connectivity index (χ4n) is 1.29. The summed E-state index contributed by atoms with van der Waals surface area (Å²) in [5, 5.41) is 25.0. The lowest BCUT2D eigenvalue weighted by Gasteiger charge is -2.21. The van der Waals surface area contributed by atoms with E-state index in [1.165, 1.54) is 24.3 Å². The third-order valence-corrected chi connectivity index (χ3v) is 2.59. The second-order valence-corrected chi connectivity index (χ2v) is 4.13. The van der Waals surface area contributed by atoms with Gasteiger partial charge in [0.15, 0.2) is 5.69 Å². The molecule has 0 aliphatic rings.